The van der Waals surface area contributed by atoms with Gasteiger partial charge < -0.3 is 10.6 Å². The minimum Gasteiger partial charge on any atom is -0.338 e. The maximum atomic E-state index is 11.8. The van der Waals surface area contributed by atoms with Crippen LogP contribution in [0.4, 0.5) is 4.79 Å². The summed E-state index contributed by atoms with van der Waals surface area (Å²) in [5, 5.41) is 8.25. The van der Waals surface area contributed by atoms with E-state index in [4.69, 9.17) is 0 Å². The molecule has 1 heterocycles. The fourth-order valence-corrected chi connectivity index (χ4v) is 2.49. The molecule has 1 fully saturated rings. The van der Waals surface area contributed by atoms with E-state index in [1.54, 1.807) is 0 Å². The second-order valence-corrected chi connectivity index (χ2v) is 6.26. The quantitative estimate of drug-likeness (QED) is 0.654. The van der Waals surface area contributed by atoms with E-state index in [1.807, 2.05) is 20.9 Å². The van der Waals surface area contributed by atoms with Crippen molar-refractivity contribution in [2.24, 2.45) is 11.8 Å². The smallest absolute Gasteiger partial charge is 0.321 e. The number of hydrogen-bond donors (Lipinski definition) is 3. The number of carbonyl (C=O) groups excluding carboxylic acids is 2. The van der Waals surface area contributed by atoms with E-state index in [-0.39, 0.29) is 18.3 Å². The van der Waals surface area contributed by atoms with Crippen molar-refractivity contribution in [3.8, 4) is 0 Å². The average molecular weight is 335 g/mol. The molecule has 0 aromatic heterocycles. The van der Waals surface area contributed by atoms with Gasteiger partial charge >= 0.3 is 6.03 Å². The summed E-state index contributed by atoms with van der Waals surface area (Å²) in [5.41, 5.74) is 0. The minimum absolute atomic E-state index is 0. The Kier molecular flexibility index (Phi) is 11.2. The molecule has 0 saturated carbocycles. The van der Waals surface area contributed by atoms with Gasteiger partial charge in [0.25, 0.3) is 0 Å². The summed E-state index contributed by atoms with van der Waals surface area (Å²) in [6.07, 6.45) is 3.47. The van der Waals surface area contributed by atoms with Crippen LogP contribution in [0.3, 0.4) is 0 Å². The molecule has 0 atom stereocenters. The molecule has 1 saturated heterocycles. The van der Waals surface area contributed by atoms with Crippen LogP contribution in [0.15, 0.2) is 0 Å². The summed E-state index contributed by atoms with van der Waals surface area (Å²) in [4.78, 5) is 25.4. The number of halogens is 1. The first kappa shape index (κ1) is 21.1. The Bertz CT molecular complexity index is 332. The summed E-state index contributed by atoms with van der Waals surface area (Å²) in [6, 6.07) is -0.391. The Morgan fingerprint density at radius 2 is 1.86 bits per heavy atom. The molecule has 3 N–H and O–H groups in total. The number of carbonyl (C=O) groups is 2. The Morgan fingerprint density at radius 3 is 2.41 bits per heavy atom. The van der Waals surface area contributed by atoms with Crippen LogP contribution in [0.2, 0.25) is 0 Å². The Morgan fingerprint density at radius 1 is 1.23 bits per heavy atom. The van der Waals surface area contributed by atoms with Gasteiger partial charge in [-0.25, -0.2) is 4.79 Å². The molecule has 0 aromatic carbocycles. The van der Waals surface area contributed by atoms with Crippen LogP contribution in [0.1, 0.15) is 33.1 Å². The van der Waals surface area contributed by atoms with Crippen LogP contribution in [0.5, 0.6) is 0 Å². The third kappa shape index (κ3) is 9.23. The van der Waals surface area contributed by atoms with Gasteiger partial charge in [-0.2, -0.15) is 0 Å². The monoisotopic (exact) mass is 334 g/mol. The van der Waals surface area contributed by atoms with Crippen molar-refractivity contribution in [3.05, 3.63) is 0 Å². The van der Waals surface area contributed by atoms with Crippen LogP contribution in [-0.2, 0) is 4.79 Å². The van der Waals surface area contributed by atoms with E-state index < -0.39 is 6.03 Å². The van der Waals surface area contributed by atoms with Gasteiger partial charge in [0.2, 0.25) is 5.91 Å². The molecule has 0 aromatic rings. The number of likely N-dealkylation sites (tertiary alicyclic amines) is 1. The van der Waals surface area contributed by atoms with Crippen molar-refractivity contribution >= 4 is 24.3 Å². The summed E-state index contributed by atoms with van der Waals surface area (Å²) in [7, 11) is 1.98. The zero-order valence-electron chi connectivity index (χ0n) is 14.0. The third-order valence-electron chi connectivity index (χ3n) is 3.80. The predicted molar refractivity (Wildman–Crippen MR) is 91.3 cm³/mol. The van der Waals surface area contributed by atoms with E-state index in [9.17, 15) is 9.59 Å². The number of piperidine rings is 1. The third-order valence-corrected chi connectivity index (χ3v) is 3.80. The van der Waals surface area contributed by atoms with Crippen LogP contribution in [-0.4, -0.2) is 56.6 Å². The lowest BCUT2D eigenvalue weighted by atomic mass is 9.93. The van der Waals surface area contributed by atoms with Crippen molar-refractivity contribution in [2.75, 3.05) is 39.8 Å². The lowest BCUT2D eigenvalue weighted by Gasteiger charge is -2.31. The molecule has 130 valence electrons. The van der Waals surface area contributed by atoms with Crippen LogP contribution in [0.25, 0.3) is 0 Å². The topological polar surface area (TPSA) is 73.5 Å². The fourth-order valence-electron chi connectivity index (χ4n) is 2.49. The number of hydrogen-bond acceptors (Lipinski definition) is 4. The van der Waals surface area contributed by atoms with E-state index in [0.29, 0.717) is 19.0 Å². The molecule has 3 amide bonds. The average Bonchev–Trinajstić information content (AvgIpc) is 2.44. The fraction of sp³-hybridized carbons (Fsp3) is 0.867. The first-order valence-corrected chi connectivity index (χ1v) is 7.96. The summed E-state index contributed by atoms with van der Waals surface area (Å²) in [5.74, 6) is 0.915. The highest BCUT2D eigenvalue weighted by molar-refractivity contribution is 5.95. The zero-order valence-corrected chi connectivity index (χ0v) is 14.8. The van der Waals surface area contributed by atoms with Crippen LogP contribution < -0.4 is 16.0 Å². The summed E-state index contributed by atoms with van der Waals surface area (Å²) >= 11 is 0. The zero-order chi connectivity index (χ0) is 15.7. The van der Waals surface area contributed by atoms with E-state index in [0.717, 1.165) is 38.4 Å². The van der Waals surface area contributed by atoms with Gasteiger partial charge in [-0.05, 0) is 57.8 Å². The minimum atomic E-state index is -0.391. The molecular weight excluding hydrogens is 304 g/mol. The number of nitrogens with zero attached hydrogens (tertiary/aromatic N) is 1. The first-order chi connectivity index (χ1) is 10.0. The van der Waals surface area contributed by atoms with E-state index in [2.05, 4.69) is 20.9 Å². The molecule has 0 unspecified atom stereocenters. The van der Waals surface area contributed by atoms with Gasteiger partial charge in [-0.1, -0.05) is 13.8 Å². The maximum Gasteiger partial charge on any atom is 0.321 e. The second-order valence-electron chi connectivity index (χ2n) is 6.26. The van der Waals surface area contributed by atoms with Gasteiger partial charge in [-0.15, -0.1) is 12.4 Å². The van der Waals surface area contributed by atoms with Crippen molar-refractivity contribution in [3.63, 3.8) is 0 Å². The molecule has 0 bridgehead atoms. The Hall–Kier alpha value is -0.850. The maximum absolute atomic E-state index is 11.8. The highest BCUT2D eigenvalue weighted by atomic mass is 35.5. The number of urea groups is 1. The predicted octanol–water partition coefficient (Wildman–Crippen LogP) is 1.21. The molecular formula is C15H31ClN4O2. The molecule has 0 aliphatic carbocycles. The molecule has 1 aliphatic heterocycles. The molecule has 6 nitrogen and oxygen atoms in total. The van der Waals surface area contributed by atoms with Gasteiger partial charge in [0.15, 0.2) is 0 Å². The highest BCUT2D eigenvalue weighted by Gasteiger charge is 2.21. The number of rotatable bonds is 7. The lowest BCUT2D eigenvalue weighted by Crippen LogP contribution is -2.46. The standard InChI is InChI=1S/C15H30N4O2.ClH/c1-12(2)10-17-15(21)18-14(20)11-19-8-5-13(6-9-19)4-7-16-3;/h12-13,16H,4-11H2,1-3H3,(H2,17,18,20,21);1H. The highest BCUT2D eigenvalue weighted by Crippen LogP contribution is 2.19. The van der Waals surface area contributed by atoms with Gasteiger partial charge in [-0.3, -0.25) is 15.0 Å². The van der Waals surface area contributed by atoms with E-state index in [1.165, 1.54) is 6.42 Å². The number of nitrogens with one attached hydrogen (secondary N) is 3. The molecule has 1 rings (SSSR count). The largest absolute Gasteiger partial charge is 0.338 e. The van der Waals surface area contributed by atoms with Gasteiger partial charge in [0.1, 0.15) is 0 Å². The second kappa shape index (κ2) is 11.7. The summed E-state index contributed by atoms with van der Waals surface area (Å²) in [6.45, 7) is 7.86. The Balaban J connectivity index is 0.00000441. The first-order valence-electron chi connectivity index (χ1n) is 7.96. The van der Waals surface area contributed by atoms with E-state index >= 15 is 0 Å². The number of amides is 3. The SMILES string of the molecule is CNCCC1CCN(CC(=O)NC(=O)NCC(C)C)CC1.Cl. The Labute approximate surface area is 140 Å². The summed E-state index contributed by atoms with van der Waals surface area (Å²) < 4.78 is 0. The molecule has 1 aliphatic rings. The van der Waals surface area contributed by atoms with Crippen LogP contribution in [0, 0.1) is 11.8 Å². The lowest BCUT2D eigenvalue weighted by molar-refractivity contribution is -0.121. The molecule has 7 heteroatoms. The van der Waals surface area contributed by atoms with Gasteiger partial charge in [0, 0.05) is 6.54 Å². The number of imide groups is 1. The molecule has 0 spiro atoms. The normalized spacial score (nSPS) is 16.2. The van der Waals surface area contributed by atoms with Crippen molar-refractivity contribution in [2.45, 2.75) is 33.1 Å². The van der Waals surface area contributed by atoms with Gasteiger partial charge in [0.05, 0.1) is 6.54 Å². The van der Waals surface area contributed by atoms with Crippen LogP contribution >= 0.6 is 12.4 Å². The molecule has 22 heavy (non-hydrogen) atoms. The van der Waals surface area contributed by atoms with Crippen molar-refractivity contribution in [1.82, 2.24) is 20.9 Å². The molecule has 0 radical (unpaired) electrons. The van der Waals surface area contributed by atoms with Crippen molar-refractivity contribution in [1.29, 1.82) is 0 Å². The van der Waals surface area contributed by atoms with Crippen molar-refractivity contribution < 1.29 is 9.59 Å².